The molecule has 1 aliphatic rings. The highest BCUT2D eigenvalue weighted by molar-refractivity contribution is 5.59. The Morgan fingerprint density at radius 1 is 1.19 bits per heavy atom. The van der Waals surface area contributed by atoms with Crippen LogP contribution in [0.25, 0.3) is 0 Å². The largest absolute Gasteiger partial charge is 0.487 e. The summed E-state index contributed by atoms with van der Waals surface area (Å²) in [5.41, 5.74) is 5.30. The zero-order chi connectivity index (χ0) is 23.3. The molecular formula is C25H34N2O5. The van der Waals surface area contributed by atoms with Crippen molar-refractivity contribution in [1.29, 1.82) is 0 Å². The summed E-state index contributed by atoms with van der Waals surface area (Å²) in [5.74, 6) is 1.91. The Kier molecular flexibility index (Phi) is 7.61. The number of anilines is 1. The van der Waals surface area contributed by atoms with Crippen LogP contribution in [0.2, 0.25) is 0 Å². The van der Waals surface area contributed by atoms with Crippen molar-refractivity contribution < 1.29 is 19.1 Å². The predicted molar refractivity (Wildman–Crippen MR) is 126 cm³/mol. The molecule has 0 radical (unpaired) electrons. The zero-order valence-corrected chi connectivity index (χ0v) is 19.7. The van der Waals surface area contributed by atoms with Gasteiger partial charge in [0, 0.05) is 37.0 Å². The quantitative estimate of drug-likeness (QED) is 0.214. The van der Waals surface area contributed by atoms with Crippen LogP contribution in [0, 0.1) is 30.9 Å². The Morgan fingerprint density at radius 2 is 1.97 bits per heavy atom. The number of hydrogen-bond donors (Lipinski definition) is 1. The first-order valence-electron chi connectivity index (χ1n) is 11.2. The molecule has 0 amide bonds. The Labute approximate surface area is 190 Å². The fourth-order valence-corrected chi connectivity index (χ4v) is 4.38. The van der Waals surface area contributed by atoms with Crippen LogP contribution in [0.1, 0.15) is 54.9 Å². The first kappa shape index (κ1) is 23.9. The molecule has 0 bridgehead atoms. The second-order valence-corrected chi connectivity index (χ2v) is 8.81. The number of hydrogen-bond acceptors (Lipinski definition) is 6. The summed E-state index contributed by atoms with van der Waals surface area (Å²) in [6.07, 6.45) is 4.87. The summed E-state index contributed by atoms with van der Waals surface area (Å²) in [6, 6.07) is 6.63. The molecule has 7 nitrogen and oxygen atoms in total. The SMILES string of the molecule is COCOc1c(C)c(C)c2c(c1C)CCC(C)(CCCCNc1cccc([N+](=O)[O-])c1)O2. The average molecular weight is 443 g/mol. The van der Waals surface area contributed by atoms with E-state index < -0.39 is 0 Å². The summed E-state index contributed by atoms with van der Waals surface area (Å²) >= 11 is 0. The van der Waals surface area contributed by atoms with Crippen molar-refractivity contribution >= 4 is 11.4 Å². The van der Waals surface area contributed by atoms with Gasteiger partial charge in [-0.1, -0.05) is 6.07 Å². The highest BCUT2D eigenvalue weighted by atomic mass is 16.7. The lowest BCUT2D eigenvalue weighted by atomic mass is 9.84. The Morgan fingerprint density at radius 3 is 2.69 bits per heavy atom. The van der Waals surface area contributed by atoms with Crippen LogP contribution < -0.4 is 14.8 Å². The van der Waals surface area contributed by atoms with Crippen molar-refractivity contribution in [2.45, 2.75) is 65.4 Å². The van der Waals surface area contributed by atoms with E-state index in [9.17, 15) is 10.1 Å². The van der Waals surface area contributed by atoms with Crippen LogP contribution in [-0.2, 0) is 11.2 Å². The lowest BCUT2D eigenvalue weighted by Crippen LogP contribution is -2.37. The van der Waals surface area contributed by atoms with Crippen molar-refractivity contribution in [1.82, 2.24) is 0 Å². The molecular weight excluding hydrogens is 408 g/mol. The number of ether oxygens (including phenoxy) is 3. The van der Waals surface area contributed by atoms with Gasteiger partial charge in [-0.3, -0.25) is 10.1 Å². The number of unbranched alkanes of at least 4 members (excludes halogenated alkanes) is 1. The third kappa shape index (κ3) is 5.33. The number of methoxy groups -OCH3 is 1. The first-order valence-corrected chi connectivity index (χ1v) is 11.2. The highest BCUT2D eigenvalue weighted by Gasteiger charge is 2.34. The molecule has 32 heavy (non-hydrogen) atoms. The molecule has 0 fully saturated rings. The maximum absolute atomic E-state index is 10.9. The number of nitrogens with one attached hydrogen (secondary N) is 1. The maximum Gasteiger partial charge on any atom is 0.271 e. The Balaban J connectivity index is 1.57. The van der Waals surface area contributed by atoms with Crippen molar-refractivity contribution in [3.63, 3.8) is 0 Å². The number of nitro groups is 1. The topological polar surface area (TPSA) is 82.9 Å². The van der Waals surface area contributed by atoms with E-state index in [0.717, 1.165) is 72.5 Å². The molecule has 0 saturated heterocycles. The van der Waals surface area contributed by atoms with Crippen molar-refractivity contribution in [3.8, 4) is 11.5 Å². The van der Waals surface area contributed by atoms with E-state index >= 15 is 0 Å². The summed E-state index contributed by atoms with van der Waals surface area (Å²) in [6.45, 7) is 9.48. The number of benzene rings is 2. The highest BCUT2D eigenvalue weighted by Crippen LogP contribution is 2.44. The molecule has 0 aromatic heterocycles. The fourth-order valence-electron chi connectivity index (χ4n) is 4.38. The third-order valence-corrected chi connectivity index (χ3v) is 6.40. The molecule has 1 aliphatic heterocycles. The van der Waals surface area contributed by atoms with Crippen LogP contribution >= 0.6 is 0 Å². The van der Waals surface area contributed by atoms with Crippen LogP contribution in [-0.4, -0.2) is 31.0 Å². The predicted octanol–water partition coefficient (Wildman–Crippen LogP) is 5.87. The van der Waals surface area contributed by atoms with E-state index in [2.05, 4.69) is 33.0 Å². The Bertz CT molecular complexity index is 975. The van der Waals surface area contributed by atoms with E-state index in [1.54, 1.807) is 19.2 Å². The average Bonchev–Trinajstić information content (AvgIpc) is 2.77. The molecule has 1 unspecified atom stereocenters. The van der Waals surface area contributed by atoms with Crippen LogP contribution in [0.3, 0.4) is 0 Å². The number of rotatable bonds is 10. The van der Waals surface area contributed by atoms with Crippen LogP contribution in [0.15, 0.2) is 24.3 Å². The molecule has 174 valence electrons. The van der Waals surface area contributed by atoms with E-state index in [1.807, 2.05) is 6.07 Å². The minimum absolute atomic E-state index is 0.105. The van der Waals surface area contributed by atoms with Gasteiger partial charge in [-0.15, -0.1) is 0 Å². The molecule has 1 heterocycles. The number of fused-ring (bicyclic) bond motifs is 1. The fraction of sp³-hybridized carbons (Fsp3) is 0.520. The number of nitrogens with zero attached hydrogens (tertiary/aromatic N) is 1. The third-order valence-electron chi connectivity index (χ3n) is 6.40. The van der Waals surface area contributed by atoms with Crippen molar-refractivity contribution in [3.05, 3.63) is 56.6 Å². The molecule has 0 spiro atoms. The Hall–Kier alpha value is -2.80. The molecule has 0 saturated carbocycles. The second-order valence-electron chi connectivity index (χ2n) is 8.81. The van der Waals surface area contributed by atoms with Crippen LogP contribution in [0.5, 0.6) is 11.5 Å². The van der Waals surface area contributed by atoms with E-state index in [0.29, 0.717) is 0 Å². The van der Waals surface area contributed by atoms with E-state index in [1.165, 1.54) is 11.6 Å². The standard InChI is InChI=1S/C25H34N2O5/c1-17-18(2)24-22(19(3)23(17)31-16-30-5)11-13-25(4,32-24)12-6-7-14-26-20-9-8-10-21(15-20)27(28)29/h8-10,15,26H,6-7,11-14,16H2,1-5H3. The van der Waals surface area contributed by atoms with Crippen molar-refractivity contribution in [2.24, 2.45) is 0 Å². The second kappa shape index (κ2) is 10.2. The summed E-state index contributed by atoms with van der Waals surface area (Å²) < 4.78 is 17.5. The van der Waals surface area contributed by atoms with Gasteiger partial charge in [0.15, 0.2) is 6.79 Å². The lowest BCUT2D eigenvalue weighted by Gasteiger charge is -2.38. The van der Waals surface area contributed by atoms with Gasteiger partial charge in [0.25, 0.3) is 5.69 Å². The maximum atomic E-state index is 10.9. The molecule has 7 heteroatoms. The van der Waals surface area contributed by atoms with Crippen molar-refractivity contribution in [2.75, 3.05) is 25.8 Å². The zero-order valence-electron chi connectivity index (χ0n) is 19.7. The van der Waals surface area contributed by atoms with Gasteiger partial charge in [0.2, 0.25) is 0 Å². The number of non-ortho nitro benzene ring substituents is 1. The molecule has 2 aromatic carbocycles. The molecule has 1 atom stereocenters. The van der Waals surface area contributed by atoms with E-state index in [-0.39, 0.29) is 23.0 Å². The summed E-state index contributed by atoms with van der Waals surface area (Å²) in [4.78, 5) is 10.5. The number of nitro benzene ring substituents is 1. The first-order chi connectivity index (χ1) is 15.3. The van der Waals surface area contributed by atoms with Gasteiger partial charge >= 0.3 is 0 Å². The minimum Gasteiger partial charge on any atom is -0.487 e. The smallest absolute Gasteiger partial charge is 0.271 e. The molecule has 2 aromatic rings. The van der Waals surface area contributed by atoms with Gasteiger partial charge in [-0.05, 0) is 82.6 Å². The summed E-state index contributed by atoms with van der Waals surface area (Å²) in [7, 11) is 1.63. The molecule has 0 aliphatic carbocycles. The van der Waals surface area contributed by atoms with Gasteiger partial charge in [-0.2, -0.15) is 0 Å². The minimum atomic E-state index is -0.373. The van der Waals surface area contributed by atoms with Gasteiger partial charge in [-0.25, -0.2) is 0 Å². The van der Waals surface area contributed by atoms with Gasteiger partial charge in [0.1, 0.15) is 17.1 Å². The molecule has 3 rings (SSSR count). The van der Waals surface area contributed by atoms with Crippen LogP contribution in [0.4, 0.5) is 11.4 Å². The molecule has 1 N–H and O–H groups in total. The van der Waals surface area contributed by atoms with E-state index in [4.69, 9.17) is 14.2 Å². The van der Waals surface area contributed by atoms with Gasteiger partial charge in [0.05, 0.1) is 4.92 Å². The summed E-state index contributed by atoms with van der Waals surface area (Å²) in [5, 5.41) is 14.2. The lowest BCUT2D eigenvalue weighted by molar-refractivity contribution is -0.384. The van der Waals surface area contributed by atoms with Gasteiger partial charge < -0.3 is 19.5 Å². The normalized spacial score (nSPS) is 17.4. The monoisotopic (exact) mass is 442 g/mol.